The predicted octanol–water partition coefficient (Wildman–Crippen LogP) is 2.90. The van der Waals surface area contributed by atoms with E-state index in [-0.39, 0.29) is 41.8 Å². The van der Waals surface area contributed by atoms with Crippen molar-refractivity contribution in [3.05, 3.63) is 83.4 Å². The molecule has 2 aromatic heterocycles. The van der Waals surface area contributed by atoms with Crippen LogP contribution in [0.5, 0.6) is 0 Å². The lowest BCUT2D eigenvalue weighted by molar-refractivity contribution is -0.132. The number of sulfone groups is 1. The molecule has 0 saturated carbocycles. The van der Waals surface area contributed by atoms with E-state index < -0.39 is 27.5 Å². The van der Waals surface area contributed by atoms with Gasteiger partial charge >= 0.3 is 0 Å². The molecule has 0 bridgehead atoms. The molecule has 0 radical (unpaired) electrons. The highest BCUT2D eigenvalue weighted by Crippen LogP contribution is 2.23. The lowest BCUT2D eigenvalue weighted by atomic mass is 10.1. The van der Waals surface area contributed by atoms with Crippen LogP contribution >= 0.6 is 0 Å². The standard InChI is InChI=1S/C21H17F2N3O4S/c22-18-2-1-15(9-19(18)23)21-25-16(12-30-21)10-20(27)26(11-14-3-6-24-7-4-14)17-5-8-31(28,29)13-17/h1-9,12,17H,10-11,13H2. The van der Waals surface area contributed by atoms with Crippen molar-refractivity contribution in [1.29, 1.82) is 0 Å². The van der Waals surface area contributed by atoms with Crippen molar-refractivity contribution in [3.8, 4) is 11.5 Å². The molecule has 3 heterocycles. The van der Waals surface area contributed by atoms with E-state index in [0.717, 1.165) is 23.1 Å². The van der Waals surface area contributed by atoms with Crippen molar-refractivity contribution in [2.75, 3.05) is 5.75 Å². The first-order valence-electron chi connectivity index (χ1n) is 9.30. The average Bonchev–Trinajstić information content (AvgIpc) is 3.35. The van der Waals surface area contributed by atoms with Crippen LogP contribution in [0.3, 0.4) is 0 Å². The predicted molar refractivity (Wildman–Crippen MR) is 107 cm³/mol. The topological polar surface area (TPSA) is 93.4 Å². The number of hydrogen-bond acceptors (Lipinski definition) is 6. The molecule has 1 aliphatic heterocycles. The number of aromatic nitrogens is 2. The second-order valence-corrected chi connectivity index (χ2v) is 8.98. The Morgan fingerprint density at radius 2 is 1.94 bits per heavy atom. The molecule has 0 fully saturated rings. The van der Waals surface area contributed by atoms with E-state index in [1.54, 1.807) is 24.5 Å². The Balaban J connectivity index is 1.54. The van der Waals surface area contributed by atoms with Crippen LogP contribution in [-0.2, 0) is 27.6 Å². The second kappa shape index (κ2) is 8.38. The number of hydrogen-bond donors (Lipinski definition) is 0. The van der Waals surface area contributed by atoms with Crippen molar-refractivity contribution in [3.63, 3.8) is 0 Å². The summed E-state index contributed by atoms with van der Waals surface area (Å²) in [6, 6.07) is 6.11. The molecule has 1 aliphatic rings. The summed E-state index contributed by atoms with van der Waals surface area (Å²) in [6.45, 7) is 0.194. The van der Waals surface area contributed by atoms with Crippen LogP contribution in [0.2, 0.25) is 0 Å². The van der Waals surface area contributed by atoms with Gasteiger partial charge in [-0.25, -0.2) is 22.2 Å². The maximum atomic E-state index is 13.5. The quantitative estimate of drug-likeness (QED) is 0.579. The number of oxazole rings is 1. The third kappa shape index (κ3) is 4.85. The van der Waals surface area contributed by atoms with E-state index in [1.807, 2.05) is 0 Å². The molecule has 31 heavy (non-hydrogen) atoms. The van der Waals surface area contributed by atoms with Gasteiger partial charge in [0.05, 0.1) is 23.9 Å². The molecule has 1 unspecified atom stereocenters. The van der Waals surface area contributed by atoms with Gasteiger partial charge < -0.3 is 9.32 Å². The number of amides is 1. The maximum Gasteiger partial charge on any atom is 0.229 e. The van der Waals surface area contributed by atoms with Crippen LogP contribution < -0.4 is 0 Å². The Kier molecular flexibility index (Phi) is 5.64. The molecule has 4 rings (SSSR count). The molecule has 0 aliphatic carbocycles. The van der Waals surface area contributed by atoms with E-state index in [1.165, 1.54) is 23.3 Å². The highest BCUT2D eigenvalue weighted by molar-refractivity contribution is 7.94. The summed E-state index contributed by atoms with van der Waals surface area (Å²) in [5, 5.41) is 1.11. The minimum atomic E-state index is -3.37. The van der Waals surface area contributed by atoms with E-state index >= 15 is 0 Å². The van der Waals surface area contributed by atoms with Crippen molar-refractivity contribution in [2.24, 2.45) is 0 Å². The van der Waals surface area contributed by atoms with Gasteiger partial charge in [0.2, 0.25) is 11.8 Å². The molecule has 1 amide bonds. The molecule has 10 heteroatoms. The van der Waals surface area contributed by atoms with Crippen molar-refractivity contribution < 1.29 is 26.4 Å². The van der Waals surface area contributed by atoms with Crippen LogP contribution in [0.1, 0.15) is 11.3 Å². The first-order chi connectivity index (χ1) is 14.8. The summed E-state index contributed by atoms with van der Waals surface area (Å²) < 4.78 is 55.7. The van der Waals surface area contributed by atoms with Gasteiger partial charge in [-0.05, 0) is 42.0 Å². The lowest BCUT2D eigenvalue weighted by Crippen LogP contribution is -2.41. The van der Waals surface area contributed by atoms with Gasteiger partial charge in [0, 0.05) is 29.9 Å². The summed E-state index contributed by atoms with van der Waals surface area (Å²) >= 11 is 0. The van der Waals surface area contributed by atoms with Crippen molar-refractivity contribution in [1.82, 2.24) is 14.9 Å². The normalized spacial score (nSPS) is 17.0. The van der Waals surface area contributed by atoms with Crippen LogP contribution in [0.25, 0.3) is 11.5 Å². The number of nitrogens with zero attached hydrogens (tertiary/aromatic N) is 3. The Morgan fingerprint density at radius 1 is 1.16 bits per heavy atom. The molecule has 0 spiro atoms. The molecular weight excluding hydrogens is 428 g/mol. The molecule has 7 nitrogen and oxygen atoms in total. The second-order valence-electron chi connectivity index (χ2n) is 7.05. The van der Waals surface area contributed by atoms with Crippen molar-refractivity contribution in [2.45, 2.75) is 19.0 Å². The minimum absolute atomic E-state index is 0.0470. The van der Waals surface area contributed by atoms with Crippen LogP contribution in [-0.4, -0.2) is 41.0 Å². The van der Waals surface area contributed by atoms with Gasteiger partial charge in [0.1, 0.15) is 6.26 Å². The first kappa shape index (κ1) is 20.9. The number of pyridine rings is 1. The third-order valence-electron chi connectivity index (χ3n) is 4.78. The van der Waals surface area contributed by atoms with Crippen LogP contribution in [0.15, 0.2) is 64.9 Å². The number of carbonyl (C=O) groups is 1. The van der Waals surface area contributed by atoms with Crippen LogP contribution in [0.4, 0.5) is 8.78 Å². The summed E-state index contributed by atoms with van der Waals surface area (Å²) in [4.78, 5) is 22.6. The van der Waals surface area contributed by atoms with E-state index in [4.69, 9.17) is 4.42 Å². The third-order valence-corrected chi connectivity index (χ3v) is 6.16. The monoisotopic (exact) mass is 445 g/mol. The maximum absolute atomic E-state index is 13.5. The molecule has 0 saturated heterocycles. The highest BCUT2D eigenvalue weighted by Gasteiger charge is 2.30. The smallest absolute Gasteiger partial charge is 0.229 e. The number of benzene rings is 1. The fraction of sp³-hybridized carbons (Fsp3) is 0.190. The van der Waals surface area contributed by atoms with Gasteiger partial charge in [-0.2, -0.15) is 0 Å². The summed E-state index contributed by atoms with van der Waals surface area (Å²) in [5.41, 5.74) is 1.31. The van der Waals surface area contributed by atoms with E-state index in [0.29, 0.717) is 0 Å². The van der Waals surface area contributed by atoms with E-state index in [2.05, 4.69) is 9.97 Å². The van der Waals surface area contributed by atoms with Gasteiger partial charge in [0.15, 0.2) is 21.5 Å². The fourth-order valence-electron chi connectivity index (χ4n) is 3.24. The molecule has 1 atom stereocenters. The molecule has 3 aromatic rings. The fourth-order valence-corrected chi connectivity index (χ4v) is 4.53. The lowest BCUT2D eigenvalue weighted by Gasteiger charge is -2.27. The summed E-state index contributed by atoms with van der Waals surface area (Å²) in [7, 11) is -3.37. The number of carbonyl (C=O) groups excluding carboxylic acids is 1. The van der Waals surface area contributed by atoms with Gasteiger partial charge in [-0.3, -0.25) is 9.78 Å². The zero-order valence-electron chi connectivity index (χ0n) is 16.1. The van der Waals surface area contributed by atoms with Gasteiger partial charge in [-0.1, -0.05) is 0 Å². The molecule has 1 aromatic carbocycles. The number of halogens is 2. The molecule has 0 N–H and O–H groups in total. The van der Waals surface area contributed by atoms with Gasteiger partial charge in [-0.15, -0.1) is 0 Å². The zero-order chi connectivity index (χ0) is 22.0. The van der Waals surface area contributed by atoms with Crippen LogP contribution in [0, 0.1) is 11.6 Å². The molecule has 160 valence electrons. The first-order valence-corrected chi connectivity index (χ1v) is 11.0. The summed E-state index contributed by atoms with van der Waals surface area (Å²) in [6.07, 6.45) is 5.78. The van der Waals surface area contributed by atoms with Crippen molar-refractivity contribution >= 4 is 15.7 Å². The molecular formula is C21H17F2N3O4S. The zero-order valence-corrected chi connectivity index (χ0v) is 16.9. The summed E-state index contributed by atoms with van der Waals surface area (Å²) in [5.74, 6) is -2.52. The Morgan fingerprint density at radius 3 is 2.61 bits per heavy atom. The SMILES string of the molecule is O=C(Cc1coc(-c2ccc(F)c(F)c2)n1)N(Cc1ccncc1)C1C=CS(=O)(=O)C1. The van der Waals surface area contributed by atoms with Gasteiger partial charge in [0.25, 0.3) is 0 Å². The highest BCUT2D eigenvalue weighted by atomic mass is 32.2. The minimum Gasteiger partial charge on any atom is -0.444 e. The Hall–Kier alpha value is -3.40. The number of rotatable bonds is 6. The average molecular weight is 445 g/mol. The largest absolute Gasteiger partial charge is 0.444 e. The van der Waals surface area contributed by atoms with E-state index in [9.17, 15) is 22.0 Å². The Labute approximate surface area is 177 Å². The Bertz CT molecular complexity index is 1240.